The summed E-state index contributed by atoms with van der Waals surface area (Å²) in [5, 5.41) is 2.93. The van der Waals surface area contributed by atoms with Gasteiger partial charge in [0.25, 0.3) is 0 Å². The summed E-state index contributed by atoms with van der Waals surface area (Å²) in [7, 11) is 0. The molecule has 2 atom stereocenters. The van der Waals surface area contributed by atoms with Gasteiger partial charge in [0.05, 0.1) is 0 Å². The maximum atomic E-state index is 12.9. The lowest BCUT2D eigenvalue weighted by Gasteiger charge is -2.22. The lowest BCUT2D eigenvalue weighted by Crippen LogP contribution is -2.40. The topological polar surface area (TPSA) is 61.4 Å². The first-order valence-electron chi connectivity index (χ1n) is 8.90. The molecule has 6 nitrogen and oxygen atoms in total. The van der Waals surface area contributed by atoms with E-state index >= 15 is 0 Å². The van der Waals surface area contributed by atoms with E-state index in [0.29, 0.717) is 18.4 Å². The summed E-state index contributed by atoms with van der Waals surface area (Å²) in [6.07, 6.45) is 1.79. The molecule has 0 spiro atoms. The maximum absolute atomic E-state index is 12.9. The first kappa shape index (κ1) is 16.8. The van der Waals surface area contributed by atoms with Crippen molar-refractivity contribution >= 4 is 12.0 Å². The Bertz CT molecular complexity index is 783. The predicted molar refractivity (Wildman–Crippen MR) is 96.2 cm³/mol. The number of carbonyl (C=O) groups excluding carboxylic acids is 1. The zero-order valence-electron chi connectivity index (χ0n) is 14.7. The summed E-state index contributed by atoms with van der Waals surface area (Å²) in [6.45, 7) is 5.65. The molecule has 2 aliphatic rings. The van der Waals surface area contributed by atoms with Crippen molar-refractivity contribution < 1.29 is 9.18 Å². The van der Waals surface area contributed by atoms with Gasteiger partial charge in [-0.1, -0.05) is 12.1 Å². The van der Waals surface area contributed by atoms with Crippen LogP contribution in [0.25, 0.3) is 0 Å². The minimum Gasteiger partial charge on any atom is -0.340 e. The zero-order chi connectivity index (χ0) is 18.1. The van der Waals surface area contributed by atoms with Crippen LogP contribution in [0.15, 0.2) is 36.5 Å². The number of nitrogens with one attached hydrogen (secondary N) is 1. The molecule has 1 aromatic heterocycles. The Morgan fingerprint density at radius 3 is 2.50 bits per heavy atom. The van der Waals surface area contributed by atoms with Gasteiger partial charge in [0.2, 0.25) is 5.95 Å². The van der Waals surface area contributed by atoms with E-state index in [1.165, 1.54) is 12.1 Å². The van der Waals surface area contributed by atoms with E-state index in [4.69, 9.17) is 0 Å². The van der Waals surface area contributed by atoms with Crippen LogP contribution in [0, 0.1) is 24.6 Å². The second-order valence-electron chi connectivity index (χ2n) is 7.11. The van der Waals surface area contributed by atoms with Gasteiger partial charge < -0.3 is 15.1 Å². The van der Waals surface area contributed by atoms with Crippen molar-refractivity contribution in [3.8, 4) is 0 Å². The molecule has 2 unspecified atom stereocenters. The van der Waals surface area contributed by atoms with Crippen LogP contribution in [0.3, 0.4) is 0 Å². The van der Waals surface area contributed by atoms with Crippen LogP contribution < -0.4 is 10.2 Å². The monoisotopic (exact) mass is 355 g/mol. The SMILES string of the molecule is Cc1ccnc(N2CC3CN(C(=O)NCc4ccc(F)cc4)CC3C2)n1. The fourth-order valence-corrected chi connectivity index (χ4v) is 3.80. The Morgan fingerprint density at radius 1 is 1.15 bits per heavy atom. The largest absolute Gasteiger partial charge is 0.340 e. The molecule has 2 aliphatic heterocycles. The average Bonchev–Trinajstić information content (AvgIpc) is 3.20. The number of amides is 2. The van der Waals surface area contributed by atoms with E-state index in [-0.39, 0.29) is 11.8 Å². The predicted octanol–water partition coefficient (Wildman–Crippen LogP) is 2.20. The van der Waals surface area contributed by atoms with Crippen LogP contribution >= 0.6 is 0 Å². The van der Waals surface area contributed by atoms with Crippen molar-refractivity contribution in [3.63, 3.8) is 0 Å². The van der Waals surface area contributed by atoms with Crippen LogP contribution in [0.5, 0.6) is 0 Å². The molecule has 26 heavy (non-hydrogen) atoms. The number of hydrogen-bond acceptors (Lipinski definition) is 4. The molecule has 136 valence electrons. The summed E-state index contributed by atoms with van der Waals surface area (Å²) in [5.41, 5.74) is 1.86. The van der Waals surface area contributed by atoms with Gasteiger partial charge in [-0.25, -0.2) is 19.2 Å². The number of carbonyl (C=O) groups is 1. The average molecular weight is 355 g/mol. The first-order chi connectivity index (χ1) is 12.6. The smallest absolute Gasteiger partial charge is 0.317 e. The van der Waals surface area contributed by atoms with Crippen molar-refractivity contribution in [2.75, 3.05) is 31.1 Å². The first-order valence-corrected chi connectivity index (χ1v) is 8.90. The number of halogens is 1. The van der Waals surface area contributed by atoms with Crippen molar-refractivity contribution in [1.29, 1.82) is 0 Å². The lowest BCUT2D eigenvalue weighted by molar-refractivity contribution is 0.205. The minimum absolute atomic E-state index is 0.0536. The molecule has 0 saturated carbocycles. The highest BCUT2D eigenvalue weighted by molar-refractivity contribution is 5.74. The van der Waals surface area contributed by atoms with Gasteiger partial charge in [-0.3, -0.25) is 0 Å². The third kappa shape index (κ3) is 3.47. The number of likely N-dealkylation sites (tertiary alicyclic amines) is 1. The van der Waals surface area contributed by atoms with Crippen LogP contribution in [-0.2, 0) is 6.54 Å². The molecule has 0 bridgehead atoms. The van der Waals surface area contributed by atoms with Crippen LogP contribution in [0.2, 0.25) is 0 Å². The van der Waals surface area contributed by atoms with Gasteiger partial charge in [-0.2, -0.15) is 0 Å². The van der Waals surface area contributed by atoms with Crippen molar-refractivity contribution in [2.45, 2.75) is 13.5 Å². The van der Waals surface area contributed by atoms with Gasteiger partial charge in [0.1, 0.15) is 5.82 Å². The number of fused-ring (bicyclic) bond motifs is 1. The molecule has 4 rings (SSSR count). The third-order valence-electron chi connectivity index (χ3n) is 5.20. The molecule has 1 N–H and O–H groups in total. The minimum atomic E-state index is -0.269. The fourth-order valence-electron chi connectivity index (χ4n) is 3.80. The Balaban J connectivity index is 1.30. The van der Waals surface area contributed by atoms with Gasteiger partial charge >= 0.3 is 6.03 Å². The van der Waals surface area contributed by atoms with Crippen molar-refractivity contribution in [3.05, 3.63) is 53.6 Å². The second-order valence-corrected chi connectivity index (χ2v) is 7.11. The molecule has 7 heteroatoms. The van der Waals surface area contributed by atoms with E-state index in [9.17, 15) is 9.18 Å². The van der Waals surface area contributed by atoms with Crippen molar-refractivity contribution in [1.82, 2.24) is 20.2 Å². The summed E-state index contributed by atoms with van der Waals surface area (Å²) >= 11 is 0. The molecular formula is C19H22FN5O. The number of aromatic nitrogens is 2. The molecule has 2 amide bonds. The van der Waals surface area contributed by atoms with Gasteiger partial charge in [-0.05, 0) is 30.7 Å². The highest BCUT2D eigenvalue weighted by Gasteiger charge is 2.42. The summed E-state index contributed by atoms with van der Waals surface area (Å²) in [4.78, 5) is 25.4. The number of hydrogen-bond donors (Lipinski definition) is 1. The van der Waals surface area contributed by atoms with Crippen molar-refractivity contribution in [2.24, 2.45) is 11.8 Å². The third-order valence-corrected chi connectivity index (χ3v) is 5.20. The highest BCUT2D eigenvalue weighted by atomic mass is 19.1. The summed E-state index contributed by atoms with van der Waals surface area (Å²) in [5.74, 6) is 1.42. The standard InChI is InChI=1S/C19H22FN5O/c1-13-6-7-21-18(23-13)24-9-15-11-25(12-16(15)10-24)19(26)22-8-14-2-4-17(20)5-3-14/h2-7,15-16H,8-12H2,1H3,(H,22,26). The number of aryl methyl sites for hydroxylation is 1. The molecule has 0 aliphatic carbocycles. The zero-order valence-corrected chi connectivity index (χ0v) is 14.7. The molecule has 1 aromatic carbocycles. The Hall–Kier alpha value is -2.70. The van der Waals surface area contributed by atoms with E-state index in [2.05, 4.69) is 20.2 Å². The quantitative estimate of drug-likeness (QED) is 0.917. The van der Waals surface area contributed by atoms with Gasteiger partial charge in [0, 0.05) is 56.5 Å². The lowest BCUT2D eigenvalue weighted by atomic mass is 10.0. The molecule has 3 heterocycles. The molecular weight excluding hydrogens is 333 g/mol. The van der Waals surface area contributed by atoms with Crippen LogP contribution in [0.4, 0.5) is 15.1 Å². The normalized spacial score (nSPS) is 21.8. The molecule has 2 aromatic rings. The van der Waals surface area contributed by atoms with E-state index in [0.717, 1.165) is 43.4 Å². The van der Waals surface area contributed by atoms with Gasteiger partial charge in [-0.15, -0.1) is 0 Å². The van der Waals surface area contributed by atoms with Crippen LogP contribution in [-0.4, -0.2) is 47.1 Å². The number of rotatable bonds is 3. The fraction of sp³-hybridized carbons (Fsp3) is 0.421. The highest BCUT2D eigenvalue weighted by Crippen LogP contribution is 2.32. The summed E-state index contributed by atoms with van der Waals surface area (Å²) < 4.78 is 12.9. The molecule has 2 saturated heterocycles. The number of urea groups is 1. The number of benzene rings is 1. The number of nitrogens with zero attached hydrogens (tertiary/aromatic N) is 4. The number of anilines is 1. The van der Waals surface area contributed by atoms with E-state index in [1.54, 1.807) is 18.3 Å². The van der Waals surface area contributed by atoms with E-state index in [1.807, 2.05) is 17.9 Å². The Kier molecular flexibility index (Phi) is 4.44. The molecule has 2 fully saturated rings. The summed E-state index contributed by atoms with van der Waals surface area (Å²) in [6, 6.07) is 8.03. The Morgan fingerprint density at radius 2 is 1.85 bits per heavy atom. The molecule has 0 radical (unpaired) electrons. The van der Waals surface area contributed by atoms with Crippen LogP contribution in [0.1, 0.15) is 11.3 Å². The maximum Gasteiger partial charge on any atom is 0.317 e. The second kappa shape index (κ2) is 6.90. The van der Waals surface area contributed by atoms with E-state index < -0.39 is 0 Å². The Labute approximate surface area is 152 Å². The van der Waals surface area contributed by atoms with Gasteiger partial charge in [0.15, 0.2) is 0 Å².